The molecule has 2 rings (SSSR count). The van der Waals surface area contributed by atoms with Crippen LogP contribution < -0.4 is 5.32 Å². The van der Waals surface area contributed by atoms with Crippen LogP contribution >= 0.6 is 0 Å². The number of carbonyl (C=O) groups is 1. The highest BCUT2D eigenvalue weighted by Gasteiger charge is 2.29. The maximum absolute atomic E-state index is 14.5. The van der Waals surface area contributed by atoms with Crippen LogP contribution in [0.1, 0.15) is 24.3 Å². The van der Waals surface area contributed by atoms with Gasteiger partial charge in [-0.25, -0.2) is 26.0 Å². The molecular formula is C16H16F4N2O3S. The summed E-state index contributed by atoms with van der Waals surface area (Å²) in [5.41, 5.74) is -1.39. The highest BCUT2D eigenvalue weighted by atomic mass is 32.2. The first-order chi connectivity index (χ1) is 12.0. The minimum atomic E-state index is -3.98. The lowest BCUT2D eigenvalue weighted by atomic mass is 10.2. The van der Waals surface area contributed by atoms with Gasteiger partial charge in [-0.05, 0) is 18.1 Å². The Morgan fingerprint density at radius 3 is 2.31 bits per heavy atom. The summed E-state index contributed by atoms with van der Waals surface area (Å²) in [5, 5.41) is 1.91. The smallest absolute Gasteiger partial charge is 0.275 e. The van der Waals surface area contributed by atoms with Gasteiger partial charge in [0, 0.05) is 13.2 Å². The molecule has 1 N–H and O–H groups in total. The average Bonchev–Trinajstić information content (AvgIpc) is 2.82. The number of nitrogens with one attached hydrogen (secondary N) is 1. The van der Waals surface area contributed by atoms with Crippen molar-refractivity contribution >= 4 is 21.4 Å². The van der Waals surface area contributed by atoms with E-state index in [4.69, 9.17) is 0 Å². The highest BCUT2D eigenvalue weighted by Crippen LogP contribution is 2.25. The second-order valence-electron chi connectivity index (χ2n) is 6.12. The van der Waals surface area contributed by atoms with E-state index in [1.807, 2.05) is 5.32 Å². The van der Waals surface area contributed by atoms with Crippen LogP contribution in [0.5, 0.6) is 0 Å². The van der Waals surface area contributed by atoms with Crippen molar-refractivity contribution in [1.82, 2.24) is 4.57 Å². The van der Waals surface area contributed by atoms with E-state index in [-0.39, 0.29) is 11.7 Å². The van der Waals surface area contributed by atoms with Gasteiger partial charge in [0.2, 0.25) is 0 Å². The molecule has 1 amide bonds. The van der Waals surface area contributed by atoms with E-state index in [1.165, 1.54) is 7.05 Å². The van der Waals surface area contributed by atoms with Crippen LogP contribution in [0.25, 0.3) is 0 Å². The number of amides is 1. The normalized spacial score (nSPS) is 11.8. The van der Waals surface area contributed by atoms with Crippen molar-refractivity contribution in [2.24, 2.45) is 13.0 Å². The molecule has 1 aromatic heterocycles. The fourth-order valence-corrected chi connectivity index (χ4v) is 4.12. The molecule has 0 saturated heterocycles. The Labute approximate surface area is 147 Å². The van der Waals surface area contributed by atoms with Crippen molar-refractivity contribution in [3.8, 4) is 0 Å². The average molecular weight is 392 g/mol. The van der Waals surface area contributed by atoms with Gasteiger partial charge in [-0.1, -0.05) is 13.8 Å². The summed E-state index contributed by atoms with van der Waals surface area (Å²) in [6.07, 6.45) is 0.934. The molecule has 0 aliphatic heterocycles. The first-order valence-electron chi connectivity index (χ1n) is 7.48. The number of sulfone groups is 1. The summed E-state index contributed by atoms with van der Waals surface area (Å²) in [7, 11) is -2.75. The second-order valence-corrected chi connectivity index (χ2v) is 8.12. The van der Waals surface area contributed by atoms with E-state index in [2.05, 4.69) is 0 Å². The SMILES string of the molecule is CC(C)CS(=O)(=O)c1cn(C)c(C(=O)Nc2ccc(F)c(F)c2F)c1F. The van der Waals surface area contributed by atoms with Crippen LogP contribution in [-0.4, -0.2) is 24.6 Å². The fourth-order valence-electron chi connectivity index (χ4n) is 2.38. The number of anilines is 1. The summed E-state index contributed by atoms with van der Waals surface area (Å²) < 4.78 is 79.7. The number of hydrogen-bond donors (Lipinski definition) is 1. The van der Waals surface area contributed by atoms with Crippen molar-refractivity contribution in [3.63, 3.8) is 0 Å². The Morgan fingerprint density at radius 2 is 1.73 bits per heavy atom. The van der Waals surface area contributed by atoms with Crippen molar-refractivity contribution in [1.29, 1.82) is 0 Å². The molecule has 0 saturated carbocycles. The third kappa shape index (κ3) is 3.74. The molecule has 0 aliphatic rings. The van der Waals surface area contributed by atoms with E-state index in [1.54, 1.807) is 13.8 Å². The van der Waals surface area contributed by atoms with E-state index in [0.717, 1.165) is 16.8 Å². The van der Waals surface area contributed by atoms with E-state index >= 15 is 0 Å². The van der Waals surface area contributed by atoms with E-state index in [0.29, 0.717) is 6.07 Å². The number of hydrogen-bond acceptors (Lipinski definition) is 3. The summed E-state index contributed by atoms with van der Waals surface area (Å²) in [6.45, 7) is 3.27. The molecule has 0 spiro atoms. The van der Waals surface area contributed by atoms with Crippen molar-refractivity contribution in [3.05, 3.63) is 47.3 Å². The lowest BCUT2D eigenvalue weighted by Crippen LogP contribution is -2.18. The largest absolute Gasteiger partial charge is 0.343 e. The number of halogens is 4. The van der Waals surface area contributed by atoms with Gasteiger partial charge in [0.25, 0.3) is 5.91 Å². The Kier molecular flexibility index (Phi) is 5.45. The highest BCUT2D eigenvalue weighted by molar-refractivity contribution is 7.91. The lowest BCUT2D eigenvalue weighted by Gasteiger charge is -2.08. The van der Waals surface area contributed by atoms with Crippen LogP contribution in [0.3, 0.4) is 0 Å². The fraction of sp³-hybridized carbons (Fsp3) is 0.312. The first kappa shape index (κ1) is 20.0. The molecule has 0 fully saturated rings. The molecule has 1 aromatic carbocycles. The predicted octanol–water partition coefficient (Wildman–Crippen LogP) is 3.26. The second kappa shape index (κ2) is 7.10. The van der Waals surface area contributed by atoms with Crippen molar-refractivity contribution < 1.29 is 30.8 Å². The van der Waals surface area contributed by atoms with Gasteiger partial charge in [-0.15, -0.1) is 0 Å². The quantitative estimate of drug-likeness (QED) is 0.627. The third-order valence-corrected chi connectivity index (χ3v) is 5.53. The minimum absolute atomic E-state index is 0.270. The van der Waals surface area contributed by atoms with E-state index in [9.17, 15) is 30.8 Å². The van der Waals surface area contributed by atoms with Gasteiger partial charge in [-0.2, -0.15) is 0 Å². The molecule has 5 nitrogen and oxygen atoms in total. The van der Waals surface area contributed by atoms with Crippen molar-refractivity contribution in [2.45, 2.75) is 18.7 Å². The minimum Gasteiger partial charge on any atom is -0.343 e. The van der Waals surface area contributed by atoms with Crippen LogP contribution in [0.15, 0.2) is 23.2 Å². The Bertz CT molecular complexity index is 968. The molecule has 10 heteroatoms. The number of rotatable bonds is 5. The van der Waals surface area contributed by atoms with Gasteiger partial charge in [0.05, 0.1) is 11.4 Å². The molecule has 1 heterocycles. The molecule has 0 bridgehead atoms. The van der Waals surface area contributed by atoms with E-state index < -0.39 is 55.3 Å². The summed E-state index contributed by atoms with van der Waals surface area (Å²) >= 11 is 0. The zero-order valence-electron chi connectivity index (χ0n) is 14.1. The number of carbonyl (C=O) groups excluding carboxylic acids is 1. The van der Waals surface area contributed by atoms with Gasteiger partial charge in [0.15, 0.2) is 33.1 Å². The third-order valence-electron chi connectivity index (χ3n) is 3.47. The monoisotopic (exact) mass is 392 g/mol. The van der Waals surface area contributed by atoms with Gasteiger partial charge in [-0.3, -0.25) is 4.79 Å². The predicted molar refractivity (Wildman–Crippen MR) is 86.5 cm³/mol. The Balaban J connectivity index is 2.41. The number of nitrogens with zero attached hydrogens (tertiary/aromatic N) is 1. The van der Waals surface area contributed by atoms with Gasteiger partial charge in [0.1, 0.15) is 10.6 Å². The topological polar surface area (TPSA) is 68.2 Å². The number of aromatic nitrogens is 1. The number of aryl methyl sites for hydroxylation is 1. The van der Waals surface area contributed by atoms with Crippen LogP contribution in [-0.2, 0) is 16.9 Å². The molecule has 142 valence electrons. The lowest BCUT2D eigenvalue weighted by molar-refractivity contribution is 0.101. The summed E-state index contributed by atoms with van der Waals surface area (Å²) in [6, 6.07) is 1.36. The zero-order chi connectivity index (χ0) is 19.8. The maximum atomic E-state index is 14.5. The Hall–Kier alpha value is -2.36. The zero-order valence-corrected chi connectivity index (χ0v) is 14.9. The molecule has 26 heavy (non-hydrogen) atoms. The van der Waals surface area contributed by atoms with Crippen molar-refractivity contribution in [2.75, 3.05) is 11.1 Å². The van der Waals surface area contributed by atoms with Crippen LogP contribution in [0, 0.1) is 29.2 Å². The molecule has 0 atom stereocenters. The molecular weight excluding hydrogens is 376 g/mol. The summed E-state index contributed by atoms with van der Waals surface area (Å²) in [5.74, 6) is -8.00. The maximum Gasteiger partial charge on any atom is 0.275 e. The summed E-state index contributed by atoms with van der Waals surface area (Å²) in [4.78, 5) is 11.6. The first-order valence-corrected chi connectivity index (χ1v) is 9.13. The van der Waals surface area contributed by atoms with Gasteiger partial charge < -0.3 is 9.88 Å². The molecule has 2 aromatic rings. The standard InChI is InChI=1S/C16H16F4N2O3S/c1-8(2)7-26(24,25)11-6-22(3)15(14(11)20)16(23)21-10-5-4-9(17)12(18)13(10)19/h4-6,8H,7H2,1-3H3,(H,21,23). The Morgan fingerprint density at radius 1 is 1.12 bits per heavy atom. The molecule has 0 radical (unpaired) electrons. The van der Waals surface area contributed by atoms with Crippen LogP contribution in [0.2, 0.25) is 0 Å². The molecule has 0 unspecified atom stereocenters. The van der Waals surface area contributed by atoms with Gasteiger partial charge >= 0.3 is 0 Å². The van der Waals surface area contributed by atoms with Crippen LogP contribution in [0.4, 0.5) is 23.2 Å². The number of benzene rings is 1. The molecule has 0 aliphatic carbocycles.